The predicted molar refractivity (Wildman–Crippen MR) is 77.3 cm³/mol. The van der Waals surface area contributed by atoms with Crippen molar-refractivity contribution >= 4 is 0 Å². The Labute approximate surface area is 118 Å². The number of H-pyrrole nitrogens is 1. The molecule has 114 valence electrons. The highest BCUT2D eigenvalue weighted by Gasteiger charge is 2.21. The van der Waals surface area contributed by atoms with Gasteiger partial charge in [0, 0.05) is 18.9 Å². The van der Waals surface area contributed by atoms with Gasteiger partial charge in [-0.05, 0) is 34.6 Å². The molecule has 4 atom stereocenters. The molecule has 4 unspecified atom stereocenters. The Hall–Kier alpha value is -1.40. The first-order valence-corrected chi connectivity index (χ1v) is 6.78. The Kier molecular flexibility index (Phi) is 5.71. The monoisotopic (exact) mass is 284 g/mol. The van der Waals surface area contributed by atoms with E-state index in [1.54, 1.807) is 20.2 Å². The summed E-state index contributed by atoms with van der Waals surface area (Å²) in [5.74, 6) is 0. The van der Waals surface area contributed by atoms with E-state index >= 15 is 0 Å². The standard InChI is InChI=1S/C14H24N2O4/c1-8-7-16(14(18)15-13(8)17)9(2)10(3)20-12(5)11(4)19-6/h7,9-12H,1-6H3,(H,15,17,18). The van der Waals surface area contributed by atoms with Gasteiger partial charge in [0.2, 0.25) is 0 Å². The Morgan fingerprint density at radius 1 is 1.10 bits per heavy atom. The Morgan fingerprint density at radius 2 is 1.70 bits per heavy atom. The van der Waals surface area contributed by atoms with Gasteiger partial charge in [0.05, 0.1) is 24.4 Å². The second-order valence-corrected chi connectivity index (χ2v) is 5.21. The van der Waals surface area contributed by atoms with Crippen LogP contribution >= 0.6 is 0 Å². The van der Waals surface area contributed by atoms with Gasteiger partial charge in [0.25, 0.3) is 5.56 Å². The molecule has 0 saturated carbocycles. The SMILES string of the molecule is COC(C)C(C)OC(C)C(C)n1cc(C)c(=O)[nH]c1=O. The van der Waals surface area contributed by atoms with E-state index < -0.39 is 5.69 Å². The number of aromatic amines is 1. The van der Waals surface area contributed by atoms with Crippen LogP contribution in [0.4, 0.5) is 0 Å². The van der Waals surface area contributed by atoms with Crippen LogP contribution in [0.1, 0.15) is 39.3 Å². The van der Waals surface area contributed by atoms with Gasteiger partial charge in [-0.2, -0.15) is 0 Å². The largest absolute Gasteiger partial charge is 0.379 e. The second kappa shape index (κ2) is 6.85. The molecule has 1 aromatic rings. The molecule has 0 aliphatic rings. The summed E-state index contributed by atoms with van der Waals surface area (Å²) in [7, 11) is 1.63. The fourth-order valence-corrected chi connectivity index (χ4v) is 1.87. The lowest BCUT2D eigenvalue weighted by molar-refractivity contribution is -0.0819. The normalized spacial score (nSPS) is 17.5. The first-order valence-electron chi connectivity index (χ1n) is 6.78. The Morgan fingerprint density at radius 3 is 2.25 bits per heavy atom. The highest BCUT2D eigenvalue weighted by molar-refractivity contribution is 5.02. The van der Waals surface area contributed by atoms with Crippen LogP contribution in [0.5, 0.6) is 0 Å². The fourth-order valence-electron chi connectivity index (χ4n) is 1.87. The molecule has 1 aromatic heterocycles. The minimum Gasteiger partial charge on any atom is -0.379 e. The summed E-state index contributed by atoms with van der Waals surface area (Å²) in [6.45, 7) is 9.31. The zero-order chi connectivity index (χ0) is 15.4. The molecule has 0 bridgehead atoms. The average molecular weight is 284 g/mol. The number of nitrogens with zero attached hydrogens (tertiary/aromatic N) is 1. The second-order valence-electron chi connectivity index (χ2n) is 5.21. The quantitative estimate of drug-likeness (QED) is 0.853. The molecule has 1 rings (SSSR count). The number of nitrogens with one attached hydrogen (secondary N) is 1. The third-order valence-electron chi connectivity index (χ3n) is 3.73. The third-order valence-corrected chi connectivity index (χ3v) is 3.73. The van der Waals surface area contributed by atoms with Crippen molar-refractivity contribution in [1.82, 2.24) is 9.55 Å². The number of methoxy groups -OCH3 is 1. The van der Waals surface area contributed by atoms with Crippen LogP contribution in [0, 0.1) is 6.92 Å². The van der Waals surface area contributed by atoms with E-state index in [0.717, 1.165) is 0 Å². The van der Waals surface area contributed by atoms with Crippen LogP contribution in [0.2, 0.25) is 0 Å². The van der Waals surface area contributed by atoms with Crippen molar-refractivity contribution < 1.29 is 9.47 Å². The van der Waals surface area contributed by atoms with E-state index in [9.17, 15) is 9.59 Å². The van der Waals surface area contributed by atoms with Gasteiger partial charge in [0.1, 0.15) is 0 Å². The summed E-state index contributed by atoms with van der Waals surface area (Å²) in [6.07, 6.45) is 1.26. The molecule has 6 nitrogen and oxygen atoms in total. The highest BCUT2D eigenvalue weighted by atomic mass is 16.5. The molecule has 0 amide bonds. The van der Waals surface area contributed by atoms with Gasteiger partial charge in [-0.3, -0.25) is 14.3 Å². The van der Waals surface area contributed by atoms with Crippen LogP contribution in [0.25, 0.3) is 0 Å². The fraction of sp³-hybridized carbons (Fsp3) is 0.714. The zero-order valence-electron chi connectivity index (χ0n) is 13.0. The maximum Gasteiger partial charge on any atom is 0.328 e. The van der Waals surface area contributed by atoms with Crippen molar-refractivity contribution in [2.45, 2.75) is 59.0 Å². The van der Waals surface area contributed by atoms with Gasteiger partial charge in [-0.1, -0.05) is 0 Å². The third kappa shape index (κ3) is 3.80. The molecular weight excluding hydrogens is 260 g/mol. The number of hydrogen-bond donors (Lipinski definition) is 1. The van der Waals surface area contributed by atoms with Crippen LogP contribution in [0.15, 0.2) is 15.8 Å². The Balaban J connectivity index is 2.89. The lowest BCUT2D eigenvalue weighted by atomic mass is 10.2. The molecule has 0 fully saturated rings. The summed E-state index contributed by atoms with van der Waals surface area (Å²) >= 11 is 0. The lowest BCUT2D eigenvalue weighted by Crippen LogP contribution is -2.38. The van der Waals surface area contributed by atoms with Crippen molar-refractivity contribution in [2.75, 3.05) is 7.11 Å². The van der Waals surface area contributed by atoms with Crippen LogP contribution in [-0.2, 0) is 9.47 Å². The van der Waals surface area contributed by atoms with Gasteiger partial charge < -0.3 is 9.47 Å². The van der Waals surface area contributed by atoms with E-state index in [1.807, 2.05) is 27.7 Å². The van der Waals surface area contributed by atoms with E-state index in [-0.39, 0.29) is 29.9 Å². The van der Waals surface area contributed by atoms with E-state index in [1.165, 1.54) is 4.57 Å². The molecular formula is C14H24N2O4. The molecule has 0 saturated heterocycles. The average Bonchev–Trinajstić information content (AvgIpc) is 2.40. The first-order chi connectivity index (χ1) is 9.27. The molecule has 0 aliphatic carbocycles. The Bertz CT molecular complexity index is 549. The van der Waals surface area contributed by atoms with Gasteiger partial charge >= 0.3 is 5.69 Å². The molecule has 20 heavy (non-hydrogen) atoms. The van der Waals surface area contributed by atoms with Crippen molar-refractivity contribution in [3.8, 4) is 0 Å². The number of hydrogen-bond acceptors (Lipinski definition) is 4. The molecule has 0 spiro atoms. The summed E-state index contributed by atoms with van der Waals surface area (Å²) in [5.41, 5.74) is -0.272. The van der Waals surface area contributed by atoms with Crippen LogP contribution in [-0.4, -0.2) is 35.0 Å². The summed E-state index contributed by atoms with van der Waals surface area (Å²) in [5, 5.41) is 0. The lowest BCUT2D eigenvalue weighted by Gasteiger charge is -2.28. The van der Waals surface area contributed by atoms with Crippen molar-refractivity contribution in [3.05, 3.63) is 32.6 Å². The number of rotatable bonds is 6. The minimum atomic E-state index is -0.420. The maximum atomic E-state index is 11.8. The van der Waals surface area contributed by atoms with Crippen molar-refractivity contribution in [2.24, 2.45) is 0 Å². The summed E-state index contributed by atoms with van der Waals surface area (Å²) in [6, 6.07) is -0.190. The molecule has 6 heteroatoms. The molecule has 1 N–H and O–H groups in total. The number of aromatic nitrogens is 2. The van der Waals surface area contributed by atoms with Crippen LogP contribution < -0.4 is 11.2 Å². The number of ether oxygens (including phenoxy) is 2. The topological polar surface area (TPSA) is 73.3 Å². The zero-order valence-corrected chi connectivity index (χ0v) is 13.0. The van der Waals surface area contributed by atoms with E-state index in [2.05, 4.69) is 4.98 Å². The van der Waals surface area contributed by atoms with E-state index in [4.69, 9.17) is 9.47 Å². The minimum absolute atomic E-state index is 0.0290. The highest BCUT2D eigenvalue weighted by Crippen LogP contribution is 2.15. The molecule has 0 radical (unpaired) electrons. The van der Waals surface area contributed by atoms with Gasteiger partial charge in [-0.15, -0.1) is 0 Å². The van der Waals surface area contributed by atoms with E-state index in [0.29, 0.717) is 5.56 Å². The smallest absolute Gasteiger partial charge is 0.328 e. The molecule has 0 aliphatic heterocycles. The first kappa shape index (κ1) is 16.7. The van der Waals surface area contributed by atoms with Gasteiger partial charge in [-0.25, -0.2) is 4.79 Å². The molecule has 0 aromatic carbocycles. The van der Waals surface area contributed by atoms with Crippen molar-refractivity contribution in [1.29, 1.82) is 0 Å². The predicted octanol–water partition coefficient (Wildman–Crippen LogP) is 1.23. The van der Waals surface area contributed by atoms with Crippen LogP contribution in [0.3, 0.4) is 0 Å². The van der Waals surface area contributed by atoms with Crippen molar-refractivity contribution in [3.63, 3.8) is 0 Å². The maximum absolute atomic E-state index is 11.8. The molecule has 1 heterocycles. The van der Waals surface area contributed by atoms with Gasteiger partial charge in [0.15, 0.2) is 0 Å². The summed E-state index contributed by atoms with van der Waals surface area (Å²) in [4.78, 5) is 25.5. The summed E-state index contributed by atoms with van der Waals surface area (Å²) < 4.78 is 12.6. The number of aryl methyl sites for hydroxylation is 1.